The molecule has 0 atom stereocenters. The quantitative estimate of drug-likeness (QED) is 0.387. The Kier molecular flexibility index (Phi) is 9.25. The van der Waals surface area contributed by atoms with Crippen LogP contribution in [0.3, 0.4) is 0 Å². The Morgan fingerprint density at radius 3 is 2.46 bits per heavy atom. The van der Waals surface area contributed by atoms with Crippen molar-refractivity contribution in [1.82, 2.24) is 4.57 Å². The van der Waals surface area contributed by atoms with Crippen molar-refractivity contribution >= 4 is 28.7 Å². The van der Waals surface area contributed by atoms with Crippen LogP contribution in [0.5, 0.6) is 5.75 Å². The molecule has 1 aliphatic heterocycles. The molecule has 0 saturated heterocycles. The highest BCUT2D eigenvalue weighted by Gasteiger charge is 2.25. The number of pyridine rings is 1. The van der Waals surface area contributed by atoms with E-state index < -0.39 is 11.4 Å². The van der Waals surface area contributed by atoms with E-state index in [0.717, 1.165) is 18.3 Å². The van der Waals surface area contributed by atoms with Crippen LogP contribution in [0.1, 0.15) is 44.0 Å². The minimum atomic E-state index is -0.500. The Balaban J connectivity index is 0.000000551. The highest BCUT2D eigenvalue weighted by molar-refractivity contribution is 6.35. The maximum atomic E-state index is 14.9. The molecule has 0 saturated carbocycles. The van der Waals surface area contributed by atoms with Crippen LogP contribution in [0.4, 0.5) is 4.39 Å². The highest BCUT2D eigenvalue weighted by Crippen LogP contribution is 2.43. The number of carbonyl (C=O) groups excluding carboxylic acids is 1. The van der Waals surface area contributed by atoms with Gasteiger partial charge < -0.3 is 19.2 Å². The van der Waals surface area contributed by atoms with Crippen LogP contribution in [0.2, 0.25) is 5.02 Å². The van der Waals surface area contributed by atoms with Crippen LogP contribution in [0.15, 0.2) is 29.1 Å². The smallest absolute Gasteiger partial charge is 0.258 e. The van der Waals surface area contributed by atoms with Crippen molar-refractivity contribution in [2.75, 3.05) is 6.61 Å². The number of aryl methyl sites for hydroxylation is 1. The summed E-state index contributed by atoms with van der Waals surface area (Å²) in [6.07, 6.45) is 10.1. The molecule has 2 heterocycles. The second-order valence-corrected chi connectivity index (χ2v) is 9.63. The van der Waals surface area contributed by atoms with Gasteiger partial charge in [0.25, 0.3) is 5.56 Å². The van der Waals surface area contributed by atoms with E-state index in [1.807, 2.05) is 19.1 Å². The summed E-state index contributed by atoms with van der Waals surface area (Å²) in [5, 5.41) is 10.1. The second kappa shape index (κ2) is 11.5. The van der Waals surface area contributed by atoms with Crippen molar-refractivity contribution in [3.05, 3.63) is 62.3 Å². The molecule has 7 heteroatoms. The van der Waals surface area contributed by atoms with Gasteiger partial charge in [0.2, 0.25) is 0 Å². The first-order valence-electron chi connectivity index (χ1n) is 11.2. The van der Waals surface area contributed by atoms with Gasteiger partial charge in [-0.1, -0.05) is 29.3 Å². The van der Waals surface area contributed by atoms with Crippen molar-refractivity contribution in [3.8, 4) is 29.7 Å². The molecule has 3 aromatic rings. The van der Waals surface area contributed by atoms with Crippen LogP contribution >= 0.6 is 11.6 Å². The molecule has 1 N–H and O–H groups in total. The standard InChI is InChI=1S/C22H19ClFNO3.C4H10O.C2H2/c1-12-5-6-13-15(10-12)19(18(7-8-26)25(2)22(13)27)16-11-17(24)21-14(20(16)23)4-3-9-28-21;1-4(2,3)5;1-2/h5-6,8,10-11H,3-4,7,9H2,1-2H3;5H,1-3H3;1-2H. The maximum absolute atomic E-state index is 14.9. The Labute approximate surface area is 210 Å². The first kappa shape index (κ1) is 28.1. The van der Waals surface area contributed by atoms with E-state index in [2.05, 4.69) is 12.8 Å². The van der Waals surface area contributed by atoms with Crippen LogP contribution in [-0.4, -0.2) is 28.2 Å². The molecule has 1 aliphatic rings. The molecule has 186 valence electrons. The Morgan fingerprint density at radius 2 is 1.86 bits per heavy atom. The summed E-state index contributed by atoms with van der Waals surface area (Å²) in [4.78, 5) is 24.2. The topological polar surface area (TPSA) is 68.5 Å². The number of aliphatic hydroxyl groups is 1. The van der Waals surface area contributed by atoms with Crippen molar-refractivity contribution < 1.29 is 19.0 Å². The molecule has 4 rings (SSSR count). The fourth-order valence-corrected chi connectivity index (χ4v) is 4.27. The average molecular weight is 500 g/mol. The van der Waals surface area contributed by atoms with E-state index in [1.165, 1.54) is 10.6 Å². The molecule has 0 radical (unpaired) electrons. The zero-order valence-electron chi connectivity index (χ0n) is 20.7. The number of carbonyl (C=O) groups is 1. The Hall–Kier alpha value is -3.14. The minimum absolute atomic E-state index is 0.0243. The summed E-state index contributed by atoms with van der Waals surface area (Å²) in [6.45, 7) is 7.61. The lowest BCUT2D eigenvalue weighted by atomic mass is 9.92. The highest BCUT2D eigenvalue weighted by atomic mass is 35.5. The monoisotopic (exact) mass is 499 g/mol. The van der Waals surface area contributed by atoms with Gasteiger partial charge in [0.1, 0.15) is 6.29 Å². The van der Waals surface area contributed by atoms with E-state index in [9.17, 15) is 14.0 Å². The molecule has 0 amide bonds. The van der Waals surface area contributed by atoms with Gasteiger partial charge in [-0.2, -0.15) is 0 Å². The molecule has 0 spiro atoms. The predicted octanol–water partition coefficient (Wildman–Crippen LogP) is 5.40. The molecule has 2 aromatic carbocycles. The van der Waals surface area contributed by atoms with Gasteiger partial charge in [-0.3, -0.25) is 4.79 Å². The molecule has 0 aliphatic carbocycles. The molecule has 35 heavy (non-hydrogen) atoms. The number of halogens is 2. The van der Waals surface area contributed by atoms with E-state index in [4.69, 9.17) is 21.4 Å². The van der Waals surface area contributed by atoms with Gasteiger partial charge >= 0.3 is 0 Å². The summed E-state index contributed by atoms with van der Waals surface area (Å²) in [6, 6.07) is 6.84. The molecule has 0 unspecified atom stereocenters. The molecule has 0 fully saturated rings. The third-order valence-corrected chi connectivity index (χ3v) is 5.73. The first-order valence-corrected chi connectivity index (χ1v) is 11.6. The number of aldehydes is 1. The van der Waals surface area contributed by atoms with Crippen LogP contribution < -0.4 is 10.3 Å². The third-order valence-electron chi connectivity index (χ3n) is 5.30. The predicted molar refractivity (Wildman–Crippen MR) is 140 cm³/mol. The Morgan fingerprint density at radius 1 is 1.23 bits per heavy atom. The minimum Gasteiger partial charge on any atom is -0.490 e. The molecular weight excluding hydrogens is 469 g/mol. The van der Waals surface area contributed by atoms with Crippen molar-refractivity contribution in [1.29, 1.82) is 0 Å². The zero-order chi connectivity index (χ0) is 26.5. The molecule has 1 aromatic heterocycles. The second-order valence-electron chi connectivity index (χ2n) is 9.26. The van der Waals surface area contributed by atoms with Crippen LogP contribution in [0.25, 0.3) is 21.9 Å². The van der Waals surface area contributed by atoms with Crippen molar-refractivity contribution in [2.45, 2.75) is 52.6 Å². The first-order chi connectivity index (χ1) is 16.4. The maximum Gasteiger partial charge on any atom is 0.258 e. The summed E-state index contributed by atoms with van der Waals surface area (Å²) < 4.78 is 21.8. The molecule has 5 nitrogen and oxygen atoms in total. The fraction of sp³-hybridized carbons (Fsp3) is 0.357. The van der Waals surface area contributed by atoms with E-state index >= 15 is 0 Å². The average Bonchev–Trinajstić information content (AvgIpc) is 2.80. The van der Waals surface area contributed by atoms with Gasteiger partial charge in [-0.25, -0.2) is 4.39 Å². The summed E-state index contributed by atoms with van der Waals surface area (Å²) in [5.74, 6) is -0.289. The summed E-state index contributed by atoms with van der Waals surface area (Å²) in [7, 11) is 1.62. The zero-order valence-corrected chi connectivity index (χ0v) is 21.5. The SMILES string of the molecule is C#C.CC(C)(C)O.Cc1ccc2c(=O)n(C)c(CC=O)c(-c3cc(F)c4c(c3Cl)CCCO4)c2c1. The number of nitrogens with zero attached hydrogens (tertiary/aromatic N) is 1. The van der Waals surface area contributed by atoms with Crippen molar-refractivity contribution in [3.63, 3.8) is 0 Å². The van der Waals surface area contributed by atoms with Crippen LogP contribution in [-0.2, 0) is 24.7 Å². The number of ether oxygens (including phenoxy) is 1. The van der Waals surface area contributed by atoms with E-state index in [1.54, 1.807) is 33.9 Å². The summed E-state index contributed by atoms with van der Waals surface area (Å²) >= 11 is 6.72. The number of rotatable bonds is 3. The van der Waals surface area contributed by atoms with Gasteiger partial charge in [-0.05, 0) is 58.1 Å². The number of hydrogen-bond donors (Lipinski definition) is 1. The lowest BCUT2D eigenvalue weighted by molar-refractivity contribution is -0.107. The lowest BCUT2D eigenvalue weighted by Crippen LogP contribution is -2.22. The number of aromatic nitrogens is 1. The third kappa shape index (κ3) is 6.30. The number of hydrogen-bond acceptors (Lipinski definition) is 4. The Bertz CT molecular complexity index is 1310. The number of benzene rings is 2. The number of terminal acetylenes is 1. The number of fused-ring (bicyclic) bond motifs is 2. The van der Waals surface area contributed by atoms with Gasteiger partial charge in [0.05, 0.1) is 17.2 Å². The normalized spacial score (nSPS) is 12.4. The van der Waals surface area contributed by atoms with E-state index in [0.29, 0.717) is 51.2 Å². The fourth-order valence-electron chi connectivity index (χ4n) is 3.94. The molecule has 0 bridgehead atoms. The van der Waals surface area contributed by atoms with E-state index in [-0.39, 0.29) is 17.7 Å². The van der Waals surface area contributed by atoms with Crippen molar-refractivity contribution in [2.24, 2.45) is 7.05 Å². The van der Waals surface area contributed by atoms with Gasteiger partial charge in [0.15, 0.2) is 11.6 Å². The van der Waals surface area contributed by atoms with Gasteiger partial charge in [0, 0.05) is 41.2 Å². The summed E-state index contributed by atoms with van der Waals surface area (Å²) in [5.41, 5.74) is 2.49. The van der Waals surface area contributed by atoms with Crippen LogP contribution in [0, 0.1) is 25.6 Å². The van der Waals surface area contributed by atoms with Gasteiger partial charge in [-0.15, -0.1) is 12.8 Å². The lowest BCUT2D eigenvalue weighted by Gasteiger charge is -2.23. The molecular formula is C28H31ClFNO4. The largest absolute Gasteiger partial charge is 0.490 e.